The van der Waals surface area contributed by atoms with E-state index in [9.17, 15) is 8.78 Å². The molecular formula is C19H12F2N+. The fourth-order valence-electron chi connectivity index (χ4n) is 2.89. The van der Waals surface area contributed by atoms with Crippen LogP contribution in [-0.2, 0) is 0 Å². The molecule has 0 aliphatic rings. The van der Waals surface area contributed by atoms with Crippen molar-refractivity contribution >= 4 is 21.5 Å². The molecule has 0 bridgehead atoms. The third-order valence-corrected chi connectivity index (χ3v) is 3.92. The molecule has 22 heavy (non-hydrogen) atoms. The lowest BCUT2D eigenvalue weighted by Crippen LogP contribution is -2.07. The smallest absolute Gasteiger partial charge is 0.210 e. The molecule has 1 N–H and O–H groups in total. The molecule has 0 spiro atoms. The van der Waals surface area contributed by atoms with Gasteiger partial charge in [-0.1, -0.05) is 30.3 Å². The van der Waals surface area contributed by atoms with Crippen molar-refractivity contribution in [2.75, 3.05) is 0 Å². The van der Waals surface area contributed by atoms with Gasteiger partial charge in [0.1, 0.15) is 11.6 Å². The molecule has 0 aliphatic heterocycles. The maximum atomic E-state index is 14.1. The van der Waals surface area contributed by atoms with Gasteiger partial charge in [0.25, 0.3) is 0 Å². The molecule has 3 heteroatoms. The Labute approximate surface area is 125 Å². The Hall–Kier alpha value is -2.81. The van der Waals surface area contributed by atoms with Crippen molar-refractivity contribution in [1.29, 1.82) is 0 Å². The summed E-state index contributed by atoms with van der Waals surface area (Å²) in [4.78, 5) is 3.09. The van der Waals surface area contributed by atoms with E-state index in [1.54, 1.807) is 6.20 Å². The number of H-pyrrole nitrogens is 1. The second-order valence-electron chi connectivity index (χ2n) is 5.22. The van der Waals surface area contributed by atoms with Gasteiger partial charge in [-0.15, -0.1) is 0 Å². The highest BCUT2D eigenvalue weighted by molar-refractivity contribution is 6.10. The Morgan fingerprint density at radius 2 is 1.59 bits per heavy atom. The van der Waals surface area contributed by atoms with E-state index in [0.29, 0.717) is 11.3 Å². The molecule has 106 valence electrons. The Morgan fingerprint density at radius 3 is 2.45 bits per heavy atom. The number of hydrogen-bond acceptors (Lipinski definition) is 0. The summed E-state index contributed by atoms with van der Waals surface area (Å²) >= 11 is 0. The van der Waals surface area contributed by atoms with Gasteiger partial charge in [0, 0.05) is 17.5 Å². The fourth-order valence-corrected chi connectivity index (χ4v) is 2.89. The van der Waals surface area contributed by atoms with Gasteiger partial charge in [0.05, 0.1) is 10.9 Å². The largest absolute Gasteiger partial charge is 0.221 e. The second kappa shape index (κ2) is 4.88. The number of pyridine rings is 1. The van der Waals surface area contributed by atoms with Crippen molar-refractivity contribution in [3.8, 4) is 11.3 Å². The standard InChI is InChI=1S/C19H11F2N/c20-13-6-8-17(18(21)11-13)19-16-7-5-12-3-1-2-4-14(12)15(16)9-10-22-19/h1-11H/p+1. The van der Waals surface area contributed by atoms with E-state index in [1.165, 1.54) is 12.1 Å². The quantitative estimate of drug-likeness (QED) is 0.449. The minimum atomic E-state index is -0.577. The van der Waals surface area contributed by atoms with E-state index in [1.807, 2.05) is 42.5 Å². The van der Waals surface area contributed by atoms with E-state index in [2.05, 4.69) is 4.98 Å². The zero-order chi connectivity index (χ0) is 15.1. The van der Waals surface area contributed by atoms with Crippen LogP contribution in [0.2, 0.25) is 0 Å². The monoisotopic (exact) mass is 292 g/mol. The van der Waals surface area contributed by atoms with Crippen molar-refractivity contribution in [3.63, 3.8) is 0 Å². The van der Waals surface area contributed by atoms with Crippen LogP contribution in [0.15, 0.2) is 66.9 Å². The average Bonchev–Trinajstić information content (AvgIpc) is 2.54. The summed E-state index contributed by atoms with van der Waals surface area (Å²) in [6.07, 6.45) is 1.78. The normalized spacial score (nSPS) is 11.2. The van der Waals surface area contributed by atoms with Gasteiger partial charge in [-0.25, -0.2) is 13.8 Å². The van der Waals surface area contributed by atoms with Gasteiger partial charge in [-0.05, 0) is 29.0 Å². The van der Waals surface area contributed by atoms with E-state index in [4.69, 9.17) is 0 Å². The molecule has 1 heterocycles. The number of benzene rings is 3. The summed E-state index contributed by atoms with van der Waals surface area (Å²) in [5.74, 6) is -1.15. The Bertz CT molecular complexity index is 1010. The first-order valence-electron chi connectivity index (χ1n) is 7.01. The molecule has 0 aliphatic carbocycles. The van der Waals surface area contributed by atoms with Gasteiger partial charge in [-0.3, -0.25) is 0 Å². The molecule has 0 amide bonds. The number of rotatable bonds is 1. The molecule has 3 aromatic carbocycles. The van der Waals surface area contributed by atoms with E-state index < -0.39 is 11.6 Å². The molecule has 1 nitrogen and oxygen atoms in total. The molecule has 4 aromatic rings. The van der Waals surface area contributed by atoms with Crippen LogP contribution in [0, 0.1) is 11.6 Å². The first kappa shape index (κ1) is 12.9. The zero-order valence-corrected chi connectivity index (χ0v) is 11.6. The SMILES string of the molecule is Fc1ccc(-c2[nH+]ccc3c2ccc2ccccc23)c(F)c1. The third-order valence-electron chi connectivity index (χ3n) is 3.92. The fraction of sp³-hybridized carbons (Fsp3) is 0. The van der Waals surface area contributed by atoms with Crippen molar-refractivity contribution in [2.24, 2.45) is 0 Å². The third kappa shape index (κ3) is 1.94. The highest BCUT2D eigenvalue weighted by Crippen LogP contribution is 2.31. The number of aromatic nitrogens is 1. The molecule has 1 aromatic heterocycles. The first-order chi connectivity index (χ1) is 10.7. The van der Waals surface area contributed by atoms with Crippen LogP contribution in [0.1, 0.15) is 0 Å². The van der Waals surface area contributed by atoms with E-state index in [0.717, 1.165) is 27.6 Å². The summed E-state index contributed by atoms with van der Waals surface area (Å²) in [7, 11) is 0. The lowest BCUT2D eigenvalue weighted by molar-refractivity contribution is -0.362. The maximum absolute atomic E-state index is 14.1. The summed E-state index contributed by atoms with van der Waals surface area (Å²) in [6.45, 7) is 0. The van der Waals surface area contributed by atoms with Crippen molar-refractivity contribution in [3.05, 3.63) is 78.5 Å². The number of halogens is 2. The van der Waals surface area contributed by atoms with Gasteiger partial charge >= 0.3 is 0 Å². The highest BCUT2D eigenvalue weighted by Gasteiger charge is 2.16. The van der Waals surface area contributed by atoms with Crippen molar-refractivity contribution in [1.82, 2.24) is 0 Å². The van der Waals surface area contributed by atoms with Crippen molar-refractivity contribution in [2.45, 2.75) is 0 Å². The Kier molecular flexibility index (Phi) is 2.86. The lowest BCUT2D eigenvalue weighted by atomic mass is 9.98. The summed E-state index contributed by atoms with van der Waals surface area (Å²) in [5, 5.41) is 4.19. The van der Waals surface area contributed by atoms with Gasteiger partial charge < -0.3 is 0 Å². The Balaban J connectivity index is 2.09. The van der Waals surface area contributed by atoms with Crippen molar-refractivity contribution < 1.29 is 13.8 Å². The topological polar surface area (TPSA) is 14.1 Å². The minimum Gasteiger partial charge on any atom is -0.210 e. The van der Waals surface area contributed by atoms with Crippen LogP contribution in [0.4, 0.5) is 8.78 Å². The maximum Gasteiger partial charge on any atom is 0.221 e. The van der Waals surface area contributed by atoms with E-state index >= 15 is 0 Å². The van der Waals surface area contributed by atoms with Crippen LogP contribution < -0.4 is 4.98 Å². The minimum absolute atomic E-state index is 0.363. The number of hydrogen-bond donors (Lipinski definition) is 0. The first-order valence-corrected chi connectivity index (χ1v) is 7.01. The van der Waals surface area contributed by atoms with E-state index in [-0.39, 0.29) is 0 Å². The molecule has 0 saturated carbocycles. The molecule has 0 saturated heterocycles. The molecule has 0 radical (unpaired) electrons. The number of fused-ring (bicyclic) bond motifs is 3. The molecular weight excluding hydrogens is 280 g/mol. The van der Waals surface area contributed by atoms with Crippen LogP contribution in [0.25, 0.3) is 32.8 Å². The zero-order valence-electron chi connectivity index (χ0n) is 11.6. The van der Waals surface area contributed by atoms with Crippen LogP contribution in [0.5, 0.6) is 0 Å². The molecule has 4 rings (SSSR count). The lowest BCUT2D eigenvalue weighted by Gasteiger charge is -2.05. The average molecular weight is 292 g/mol. The molecule has 0 fully saturated rings. The Morgan fingerprint density at radius 1 is 0.727 bits per heavy atom. The van der Waals surface area contributed by atoms with Crippen LogP contribution >= 0.6 is 0 Å². The predicted octanol–water partition coefficient (Wildman–Crippen LogP) is 4.75. The second-order valence-corrected chi connectivity index (χ2v) is 5.22. The van der Waals surface area contributed by atoms with Crippen LogP contribution in [0.3, 0.4) is 0 Å². The summed E-state index contributed by atoms with van der Waals surface area (Å²) in [5.41, 5.74) is 1.02. The summed E-state index contributed by atoms with van der Waals surface area (Å²) < 4.78 is 27.3. The highest BCUT2D eigenvalue weighted by atomic mass is 19.1. The predicted molar refractivity (Wildman–Crippen MR) is 83.4 cm³/mol. The van der Waals surface area contributed by atoms with Gasteiger partial charge in [0.15, 0.2) is 6.20 Å². The van der Waals surface area contributed by atoms with Gasteiger partial charge in [0.2, 0.25) is 5.69 Å². The number of nitrogens with one attached hydrogen (secondary N) is 1. The summed E-state index contributed by atoms with van der Waals surface area (Å²) in [6, 6.07) is 17.7. The van der Waals surface area contributed by atoms with Gasteiger partial charge in [-0.2, -0.15) is 0 Å². The van der Waals surface area contributed by atoms with Crippen LogP contribution in [-0.4, -0.2) is 0 Å². The molecule has 0 unspecified atom stereocenters. The molecule has 0 atom stereocenters. The number of aromatic amines is 1.